The molecule has 142 valence electrons. The number of hydrogen-bond donors (Lipinski definition) is 2. The molecule has 8 heteroatoms. The quantitative estimate of drug-likeness (QED) is 0.712. The molecule has 27 heavy (non-hydrogen) atoms. The lowest BCUT2D eigenvalue weighted by atomic mass is 10.1. The van der Waals surface area contributed by atoms with Crippen molar-refractivity contribution in [3.8, 4) is 5.75 Å². The Labute approximate surface area is 161 Å². The van der Waals surface area contributed by atoms with Crippen LogP contribution in [0.3, 0.4) is 0 Å². The van der Waals surface area contributed by atoms with Gasteiger partial charge in [-0.3, -0.25) is 0 Å². The molecule has 1 aliphatic heterocycles. The first-order valence-electron chi connectivity index (χ1n) is 8.48. The summed E-state index contributed by atoms with van der Waals surface area (Å²) in [5.41, 5.74) is 2.82. The smallest absolute Gasteiger partial charge is 0.416 e. The number of benzene rings is 2. The van der Waals surface area contributed by atoms with Gasteiger partial charge in [0.25, 0.3) is 0 Å². The molecular weight excluding hydrogens is 372 g/mol. The number of unbranched alkanes of at least 4 members (excludes halogenated alkanes) is 1. The highest BCUT2D eigenvalue weighted by Crippen LogP contribution is 2.40. The fourth-order valence-electron chi connectivity index (χ4n) is 3.05. The first kappa shape index (κ1) is 18.8. The molecule has 2 N–H and O–H groups in total. The van der Waals surface area contributed by atoms with Crippen molar-refractivity contribution in [2.75, 3.05) is 18.0 Å². The first-order chi connectivity index (χ1) is 13.0. The summed E-state index contributed by atoms with van der Waals surface area (Å²) < 4.78 is 5.90. The average molecular weight is 391 g/mol. The van der Waals surface area contributed by atoms with Crippen LogP contribution in [-0.2, 0) is 6.61 Å². The van der Waals surface area contributed by atoms with Crippen molar-refractivity contribution in [3.05, 3.63) is 53.1 Å². The number of ether oxygens (including phenoxy) is 1. The molecule has 0 unspecified atom stereocenters. The van der Waals surface area contributed by atoms with Gasteiger partial charge in [-0.2, -0.15) is 0 Å². The van der Waals surface area contributed by atoms with Crippen molar-refractivity contribution >= 4 is 35.2 Å². The molecule has 0 saturated carbocycles. The maximum Gasteiger partial charge on any atom is 0.416 e. The van der Waals surface area contributed by atoms with Crippen molar-refractivity contribution in [1.29, 1.82) is 0 Å². The van der Waals surface area contributed by atoms with Crippen molar-refractivity contribution in [2.45, 2.75) is 19.4 Å². The Morgan fingerprint density at radius 3 is 2.56 bits per heavy atom. The number of anilines is 2. The zero-order chi connectivity index (χ0) is 19.4. The molecule has 0 atom stereocenters. The number of para-hydroxylation sites is 2. The fourth-order valence-corrected chi connectivity index (χ4v) is 3.22. The van der Waals surface area contributed by atoms with Gasteiger partial charge in [0.05, 0.1) is 5.69 Å². The predicted octanol–water partition coefficient (Wildman–Crippen LogP) is 4.81. The molecule has 0 aromatic heterocycles. The monoisotopic (exact) mass is 390 g/mol. The third kappa shape index (κ3) is 4.25. The van der Waals surface area contributed by atoms with Crippen LogP contribution in [0, 0.1) is 0 Å². The Bertz CT molecular complexity index is 844. The second kappa shape index (κ2) is 8.18. The van der Waals surface area contributed by atoms with E-state index in [4.69, 9.17) is 26.6 Å². The molecule has 3 rings (SSSR count). The molecule has 0 bridgehead atoms. The second-order valence-corrected chi connectivity index (χ2v) is 6.54. The number of halogens is 1. The lowest BCUT2D eigenvalue weighted by Gasteiger charge is -2.26. The fraction of sp³-hybridized carbons (Fsp3) is 0.263. The number of hydrogen-bond acceptors (Lipinski definition) is 4. The number of carbonyl (C=O) groups is 2. The van der Waals surface area contributed by atoms with Gasteiger partial charge in [-0.1, -0.05) is 29.8 Å². The van der Waals surface area contributed by atoms with E-state index in [0.717, 1.165) is 22.7 Å². The molecule has 0 saturated heterocycles. The highest BCUT2D eigenvalue weighted by molar-refractivity contribution is 6.30. The van der Waals surface area contributed by atoms with Gasteiger partial charge < -0.3 is 19.8 Å². The Morgan fingerprint density at radius 1 is 1.07 bits per heavy atom. The maximum atomic E-state index is 11.0. The van der Waals surface area contributed by atoms with E-state index in [-0.39, 0.29) is 6.54 Å². The van der Waals surface area contributed by atoms with Gasteiger partial charge in [-0.15, -0.1) is 0 Å². The normalized spacial score (nSPS) is 12.4. The minimum absolute atomic E-state index is 0.0704. The van der Waals surface area contributed by atoms with Gasteiger partial charge in [0.1, 0.15) is 12.4 Å². The molecule has 7 nitrogen and oxygen atoms in total. The van der Waals surface area contributed by atoms with Gasteiger partial charge in [-0.05, 0) is 37.1 Å². The zero-order valence-corrected chi connectivity index (χ0v) is 15.2. The van der Waals surface area contributed by atoms with Gasteiger partial charge in [0, 0.05) is 29.4 Å². The number of carboxylic acid groups (broad SMARTS) is 2. The van der Waals surface area contributed by atoms with Gasteiger partial charge in [0.2, 0.25) is 0 Å². The van der Waals surface area contributed by atoms with E-state index in [1.54, 1.807) is 0 Å². The van der Waals surface area contributed by atoms with Crippen LogP contribution in [-0.4, -0.2) is 40.4 Å². The van der Waals surface area contributed by atoms with Crippen LogP contribution in [0.1, 0.15) is 18.4 Å². The highest BCUT2D eigenvalue weighted by atomic mass is 35.5. The molecule has 0 aliphatic carbocycles. The van der Waals surface area contributed by atoms with Crippen LogP contribution in [0.5, 0.6) is 5.75 Å². The average Bonchev–Trinajstić information content (AvgIpc) is 2.78. The van der Waals surface area contributed by atoms with Crippen LogP contribution in [0.25, 0.3) is 0 Å². The standard InChI is InChI=1S/C19H19ClN2O5/c20-14-8-7-13-12-27-17-6-2-1-5-15(17)21(16(13)11-14)9-3-4-10-22(18(23)24)19(25)26/h1-2,5-8,11H,3-4,9-10,12H2,(H,23,24)(H,25,26). The van der Waals surface area contributed by atoms with Gasteiger partial charge in [0.15, 0.2) is 0 Å². The topological polar surface area (TPSA) is 90.3 Å². The minimum atomic E-state index is -1.46. The number of nitrogens with zero attached hydrogens (tertiary/aromatic N) is 2. The lowest BCUT2D eigenvalue weighted by molar-refractivity contribution is 0.122. The summed E-state index contributed by atoms with van der Waals surface area (Å²) in [5.74, 6) is 0.752. The van der Waals surface area contributed by atoms with Crippen molar-refractivity contribution in [3.63, 3.8) is 0 Å². The largest absolute Gasteiger partial charge is 0.487 e. The molecule has 2 amide bonds. The Hall–Kier alpha value is -2.93. The van der Waals surface area contributed by atoms with E-state index >= 15 is 0 Å². The van der Waals surface area contributed by atoms with Gasteiger partial charge in [-0.25, -0.2) is 14.5 Å². The number of imide groups is 1. The molecule has 1 heterocycles. The molecular formula is C19H19ClN2O5. The zero-order valence-electron chi connectivity index (χ0n) is 14.5. The molecule has 0 spiro atoms. The maximum absolute atomic E-state index is 11.0. The predicted molar refractivity (Wildman–Crippen MR) is 101 cm³/mol. The Kier molecular flexibility index (Phi) is 5.71. The number of rotatable bonds is 5. The van der Waals surface area contributed by atoms with Crippen molar-refractivity contribution < 1.29 is 24.5 Å². The molecule has 0 radical (unpaired) electrons. The Morgan fingerprint density at radius 2 is 1.81 bits per heavy atom. The number of fused-ring (bicyclic) bond motifs is 2. The summed E-state index contributed by atoms with van der Waals surface area (Å²) in [6.45, 7) is 0.922. The Balaban J connectivity index is 1.79. The van der Waals surface area contributed by atoms with E-state index in [1.165, 1.54) is 0 Å². The van der Waals surface area contributed by atoms with Crippen molar-refractivity contribution in [2.24, 2.45) is 0 Å². The number of amides is 2. The summed E-state index contributed by atoms with van der Waals surface area (Å²) in [4.78, 5) is 24.4. The molecule has 2 aromatic rings. The van der Waals surface area contributed by atoms with Crippen LogP contribution in [0.4, 0.5) is 21.0 Å². The summed E-state index contributed by atoms with van der Waals surface area (Å²) in [6, 6.07) is 13.3. The van der Waals surface area contributed by atoms with Gasteiger partial charge >= 0.3 is 12.2 Å². The van der Waals surface area contributed by atoms with E-state index in [2.05, 4.69) is 4.90 Å². The van der Waals surface area contributed by atoms with Crippen LogP contribution < -0.4 is 9.64 Å². The minimum Gasteiger partial charge on any atom is -0.487 e. The van der Waals surface area contributed by atoms with E-state index < -0.39 is 12.2 Å². The van der Waals surface area contributed by atoms with E-state index in [9.17, 15) is 9.59 Å². The third-order valence-electron chi connectivity index (χ3n) is 4.35. The summed E-state index contributed by atoms with van der Waals surface area (Å²) in [7, 11) is 0. The SMILES string of the molecule is O=C(O)N(CCCCN1c2cc(Cl)ccc2COc2ccccc21)C(=O)O. The second-order valence-electron chi connectivity index (χ2n) is 6.10. The third-order valence-corrected chi connectivity index (χ3v) is 4.59. The molecule has 2 aromatic carbocycles. The molecule has 1 aliphatic rings. The molecule has 0 fully saturated rings. The summed E-state index contributed by atoms with van der Waals surface area (Å²) >= 11 is 6.19. The van der Waals surface area contributed by atoms with E-state index in [0.29, 0.717) is 35.9 Å². The van der Waals surface area contributed by atoms with Crippen LogP contribution in [0.15, 0.2) is 42.5 Å². The van der Waals surface area contributed by atoms with Crippen LogP contribution in [0.2, 0.25) is 5.02 Å². The van der Waals surface area contributed by atoms with Crippen LogP contribution >= 0.6 is 11.6 Å². The van der Waals surface area contributed by atoms with E-state index in [1.807, 2.05) is 42.5 Å². The first-order valence-corrected chi connectivity index (χ1v) is 8.86. The van der Waals surface area contributed by atoms with Crippen molar-refractivity contribution in [1.82, 2.24) is 4.90 Å². The lowest BCUT2D eigenvalue weighted by Crippen LogP contribution is -2.35. The highest BCUT2D eigenvalue weighted by Gasteiger charge is 2.22. The summed E-state index contributed by atoms with van der Waals surface area (Å²) in [6.07, 6.45) is -1.92. The summed E-state index contributed by atoms with van der Waals surface area (Å²) in [5, 5.41) is 18.5.